The third-order valence-corrected chi connectivity index (χ3v) is 9.30. The molecule has 0 radical (unpaired) electrons. The number of carbonyl (C=O) groups excluding carboxylic acids is 1. The molecule has 5 aliphatic rings. The average Bonchev–Trinajstić information content (AvgIpc) is 3.23. The summed E-state index contributed by atoms with van der Waals surface area (Å²) < 4.78 is 11.8. The number of piperidine rings is 1. The van der Waals surface area contributed by atoms with Crippen molar-refractivity contribution in [2.24, 2.45) is 29.6 Å². The zero-order chi connectivity index (χ0) is 22.2. The van der Waals surface area contributed by atoms with Gasteiger partial charge < -0.3 is 19.9 Å². The quantitative estimate of drug-likeness (QED) is 0.542. The van der Waals surface area contributed by atoms with Crippen molar-refractivity contribution in [2.45, 2.75) is 60.8 Å². The minimum absolute atomic E-state index is 0. The Morgan fingerprint density at radius 1 is 1.06 bits per heavy atom. The molecule has 184 valence electrons. The van der Waals surface area contributed by atoms with Crippen molar-refractivity contribution >= 4 is 30.1 Å². The number of hydrogen-bond donors (Lipinski definition) is 2. The van der Waals surface area contributed by atoms with Crippen LogP contribution in [-0.4, -0.2) is 36.8 Å². The number of nitrogens with zero attached hydrogens (tertiary/aromatic N) is 1. The van der Waals surface area contributed by atoms with Gasteiger partial charge in [-0.15, -0.1) is 12.4 Å². The Kier molecular flexibility index (Phi) is 7.42. The van der Waals surface area contributed by atoms with E-state index in [0.29, 0.717) is 35.1 Å². The van der Waals surface area contributed by atoms with Gasteiger partial charge in [0.05, 0.1) is 6.61 Å². The lowest BCUT2D eigenvalue weighted by atomic mass is 9.54. The first-order valence-electron chi connectivity index (χ1n) is 12.6. The van der Waals surface area contributed by atoms with Gasteiger partial charge >= 0.3 is 0 Å². The Morgan fingerprint density at radius 3 is 2.41 bits per heavy atom. The Bertz CT molecular complexity index is 951. The molecule has 6 nitrogen and oxygen atoms in total. The molecule has 1 saturated heterocycles. The zero-order valence-corrected chi connectivity index (χ0v) is 21.0. The van der Waals surface area contributed by atoms with E-state index in [1.165, 1.54) is 43.9 Å². The van der Waals surface area contributed by atoms with Crippen LogP contribution in [0, 0.1) is 29.6 Å². The normalized spacial score (nSPS) is 30.1. The number of ether oxygens (including phenoxy) is 1. The Balaban J connectivity index is 0.00000241. The van der Waals surface area contributed by atoms with E-state index in [1.807, 2.05) is 30.3 Å². The lowest BCUT2D eigenvalue weighted by Gasteiger charge is -2.54. The van der Waals surface area contributed by atoms with Crippen molar-refractivity contribution in [1.29, 1.82) is 0 Å². The molecule has 0 unspecified atom stereocenters. The van der Waals surface area contributed by atoms with Gasteiger partial charge in [0.1, 0.15) is 4.90 Å². The van der Waals surface area contributed by atoms with Gasteiger partial charge in [0, 0.05) is 10.9 Å². The number of nitrogens with one attached hydrogen (secondary N) is 2. The SMILES string of the molecule is Cl.O=C(NC1C2CC3CC(C2)CC1C3)c1onc(OCC2CCNCC2)c1Sc1ccccc1. The van der Waals surface area contributed by atoms with Crippen LogP contribution in [0.25, 0.3) is 0 Å². The number of rotatable bonds is 7. The van der Waals surface area contributed by atoms with Crippen molar-refractivity contribution in [3.05, 3.63) is 36.1 Å². The van der Waals surface area contributed by atoms with Crippen LogP contribution in [0.15, 0.2) is 44.6 Å². The third kappa shape index (κ3) is 4.98. The number of hydrogen-bond acceptors (Lipinski definition) is 6. The highest BCUT2D eigenvalue weighted by molar-refractivity contribution is 7.99. The predicted octanol–water partition coefficient (Wildman–Crippen LogP) is 5.18. The highest BCUT2D eigenvalue weighted by atomic mass is 35.5. The lowest BCUT2D eigenvalue weighted by Crippen LogP contribution is -2.55. The molecule has 2 heterocycles. The minimum Gasteiger partial charge on any atom is -0.474 e. The van der Waals surface area contributed by atoms with E-state index in [0.717, 1.165) is 42.7 Å². The van der Waals surface area contributed by atoms with Gasteiger partial charge in [-0.2, -0.15) is 0 Å². The fourth-order valence-electron chi connectivity index (χ4n) is 6.82. The van der Waals surface area contributed by atoms with Crippen LogP contribution in [0.3, 0.4) is 0 Å². The second-order valence-electron chi connectivity index (χ2n) is 10.5. The van der Waals surface area contributed by atoms with Crippen LogP contribution in [-0.2, 0) is 0 Å². The Labute approximate surface area is 211 Å². The molecular formula is C26H34ClN3O3S. The van der Waals surface area contributed by atoms with Crippen molar-refractivity contribution in [3.8, 4) is 5.88 Å². The molecule has 0 atom stereocenters. The van der Waals surface area contributed by atoms with Crippen LogP contribution >= 0.6 is 24.2 Å². The maximum atomic E-state index is 13.4. The summed E-state index contributed by atoms with van der Waals surface area (Å²) in [6.07, 6.45) is 8.67. The number of amides is 1. The molecule has 4 saturated carbocycles. The van der Waals surface area contributed by atoms with E-state index in [1.54, 1.807) is 0 Å². The molecule has 2 N–H and O–H groups in total. The van der Waals surface area contributed by atoms with E-state index in [2.05, 4.69) is 15.8 Å². The molecule has 1 amide bonds. The summed E-state index contributed by atoms with van der Waals surface area (Å²) in [5, 5.41) is 11.0. The summed E-state index contributed by atoms with van der Waals surface area (Å²) in [5.41, 5.74) is 0. The van der Waals surface area contributed by atoms with Gasteiger partial charge in [-0.1, -0.05) is 30.0 Å². The largest absolute Gasteiger partial charge is 0.474 e. The first-order chi connectivity index (χ1) is 16.2. The fraction of sp³-hybridized carbons (Fsp3) is 0.615. The molecule has 1 aliphatic heterocycles. The molecule has 1 aromatic carbocycles. The maximum absolute atomic E-state index is 13.4. The van der Waals surface area contributed by atoms with Crippen LogP contribution in [0.4, 0.5) is 0 Å². The van der Waals surface area contributed by atoms with Gasteiger partial charge in [0.15, 0.2) is 0 Å². The van der Waals surface area contributed by atoms with Gasteiger partial charge in [-0.3, -0.25) is 4.79 Å². The summed E-state index contributed by atoms with van der Waals surface area (Å²) in [6.45, 7) is 2.66. The predicted molar refractivity (Wildman–Crippen MR) is 134 cm³/mol. The van der Waals surface area contributed by atoms with Gasteiger partial charge in [-0.25, -0.2) is 0 Å². The van der Waals surface area contributed by atoms with E-state index in [-0.39, 0.29) is 30.1 Å². The van der Waals surface area contributed by atoms with E-state index in [9.17, 15) is 4.79 Å². The van der Waals surface area contributed by atoms with Gasteiger partial charge in [-0.05, 0) is 105 Å². The topological polar surface area (TPSA) is 76.4 Å². The molecule has 2 aromatic rings. The van der Waals surface area contributed by atoms with Gasteiger partial charge in [0.2, 0.25) is 5.76 Å². The summed E-state index contributed by atoms with van der Waals surface area (Å²) >= 11 is 1.50. The minimum atomic E-state index is -0.143. The van der Waals surface area contributed by atoms with E-state index < -0.39 is 0 Å². The van der Waals surface area contributed by atoms with Crippen LogP contribution < -0.4 is 15.4 Å². The van der Waals surface area contributed by atoms with Crippen LogP contribution in [0.5, 0.6) is 5.88 Å². The first-order valence-corrected chi connectivity index (χ1v) is 13.4. The molecule has 4 aliphatic carbocycles. The summed E-state index contributed by atoms with van der Waals surface area (Å²) in [7, 11) is 0. The molecule has 34 heavy (non-hydrogen) atoms. The van der Waals surface area contributed by atoms with Crippen LogP contribution in [0.1, 0.15) is 55.5 Å². The molecule has 1 aromatic heterocycles. The average molecular weight is 504 g/mol. The third-order valence-electron chi connectivity index (χ3n) is 8.23. The zero-order valence-electron chi connectivity index (χ0n) is 19.4. The van der Waals surface area contributed by atoms with Crippen molar-refractivity contribution in [1.82, 2.24) is 15.8 Å². The highest BCUT2D eigenvalue weighted by Gasteiger charge is 2.49. The molecular weight excluding hydrogens is 470 g/mol. The number of halogens is 1. The first kappa shape index (κ1) is 24.0. The lowest BCUT2D eigenvalue weighted by molar-refractivity contribution is -0.0124. The molecule has 8 heteroatoms. The molecule has 4 bridgehead atoms. The second-order valence-corrected chi connectivity index (χ2v) is 11.6. The fourth-order valence-corrected chi connectivity index (χ4v) is 7.76. The smallest absolute Gasteiger partial charge is 0.291 e. The summed E-state index contributed by atoms with van der Waals surface area (Å²) in [4.78, 5) is 15.2. The van der Waals surface area contributed by atoms with E-state index in [4.69, 9.17) is 9.26 Å². The van der Waals surface area contributed by atoms with E-state index >= 15 is 0 Å². The Morgan fingerprint density at radius 2 is 1.74 bits per heavy atom. The van der Waals surface area contributed by atoms with Crippen LogP contribution in [0.2, 0.25) is 0 Å². The van der Waals surface area contributed by atoms with Crippen molar-refractivity contribution in [2.75, 3.05) is 19.7 Å². The Hall–Kier alpha value is -1.70. The second kappa shape index (κ2) is 10.5. The molecule has 0 spiro atoms. The number of aromatic nitrogens is 1. The summed E-state index contributed by atoms with van der Waals surface area (Å²) in [6, 6.07) is 10.3. The van der Waals surface area contributed by atoms with Crippen molar-refractivity contribution < 1.29 is 14.1 Å². The molecule has 7 rings (SSSR count). The number of benzene rings is 1. The summed E-state index contributed by atoms with van der Waals surface area (Å²) in [5.74, 6) is 4.09. The molecule has 5 fully saturated rings. The monoisotopic (exact) mass is 503 g/mol. The number of carbonyl (C=O) groups is 1. The van der Waals surface area contributed by atoms with Gasteiger partial charge in [0.25, 0.3) is 11.8 Å². The highest BCUT2D eigenvalue weighted by Crippen LogP contribution is 2.53. The van der Waals surface area contributed by atoms with Crippen molar-refractivity contribution in [3.63, 3.8) is 0 Å². The maximum Gasteiger partial charge on any atom is 0.291 e. The standard InChI is InChI=1S/C26H33N3O3S.ClH/c30-25(28-22-19-11-17-10-18(13-19)14-20(22)12-17)23-24(33-21-4-2-1-3-5-21)26(29-32-23)31-15-16-6-8-27-9-7-16;/h1-5,16-20,22,27H,6-15H2,(H,28,30);1H.